The highest BCUT2D eigenvalue weighted by Crippen LogP contribution is 2.08. The van der Waals surface area contributed by atoms with Crippen molar-refractivity contribution in [2.75, 3.05) is 7.11 Å². The molecule has 16 heavy (non-hydrogen) atoms. The maximum Gasteiger partial charge on any atom is 0.384 e. The third-order valence-corrected chi connectivity index (χ3v) is 2.57. The molecule has 1 rings (SSSR count). The van der Waals surface area contributed by atoms with Gasteiger partial charge in [-0.25, -0.2) is 18.4 Å². The Morgan fingerprint density at radius 3 is 2.69 bits per heavy atom. The van der Waals surface area contributed by atoms with Crippen LogP contribution in [0.4, 0.5) is 0 Å². The second-order valence-electron chi connectivity index (χ2n) is 2.81. The van der Waals surface area contributed by atoms with Gasteiger partial charge in [-0.15, -0.1) is 0 Å². The highest BCUT2D eigenvalue weighted by Gasteiger charge is 2.06. The molecule has 2 N–H and O–H groups in total. The Labute approximate surface area is 93.3 Å². The molecule has 5 nitrogen and oxygen atoms in total. The van der Waals surface area contributed by atoms with E-state index in [1.807, 2.05) is 0 Å². The first-order valence-electron chi connectivity index (χ1n) is 4.16. The molecule has 0 atom stereocenters. The normalized spacial score (nSPS) is 10.1. The predicted octanol–water partition coefficient (Wildman–Crippen LogP) is -0.142. The number of primary sulfonamides is 1. The first-order valence-corrected chi connectivity index (χ1v) is 5.71. The van der Waals surface area contributed by atoms with Gasteiger partial charge in [0, 0.05) is 11.5 Å². The number of benzene rings is 1. The van der Waals surface area contributed by atoms with E-state index in [9.17, 15) is 13.2 Å². The van der Waals surface area contributed by atoms with Gasteiger partial charge in [-0.1, -0.05) is 12.0 Å². The van der Waals surface area contributed by atoms with E-state index in [0.29, 0.717) is 5.56 Å². The van der Waals surface area contributed by atoms with Crippen molar-refractivity contribution in [3.8, 4) is 11.8 Å². The first kappa shape index (κ1) is 12.2. The van der Waals surface area contributed by atoms with Crippen LogP contribution in [-0.2, 0) is 19.6 Å². The molecule has 0 radical (unpaired) electrons. The maximum absolute atomic E-state index is 11.0. The number of sulfonamides is 1. The minimum atomic E-state index is -3.75. The summed E-state index contributed by atoms with van der Waals surface area (Å²) in [4.78, 5) is 10.7. The average Bonchev–Trinajstić information content (AvgIpc) is 2.25. The van der Waals surface area contributed by atoms with Crippen molar-refractivity contribution in [1.82, 2.24) is 0 Å². The molecule has 0 aliphatic heterocycles. The van der Waals surface area contributed by atoms with Crippen LogP contribution in [0.25, 0.3) is 0 Å². The van der Waals surface area contributed by atoms with Gasteiger partial charge in [0.25, 0.3) is 0 Å². The Balaban J connectivity index is 3.08. The Morgan fingerprint density at radius 2 is 2.12 bits per heavy atom. The van der Waals surface area contributed by atoms with E-state index in [0.717, 1.165) is 0 Å². The highest BCUT2D eigenvalue weighted by atomic mass is 32.2. The van der Waals surface area contributed by atoms with Gasteiger partial charge in [-0.3, -0.25) is 0 Å². The summed E-state index contributed by atoms with van der Waals surface area (Å²) in [5.74, 6) is 3.95. The van der Waals surface area contributed by atoms with Crippen LogP contribution in [0.3, 0.4) is 0 Å². The summed E-state index contributed by atoms with van der Waals surface area (Å²) in [5.41, 5.74) is 0.372. The molecule has 0 unspecified atom stereocenters. The van der Waals surface area contributed by atoms with Crippen LogP contribution in [0.15, 0.2) is 29.2 Å². The quantitative estimate of drug-likeness (QED) is 0.546. The van der Waals surface area contributed by atoms with E-state index in [4.69, 9.17) is 5.14 Å². The summed E-state index contributed by atoms with van der Waals surface area (Å²) in [7, 11) is -2.55. The van der Waals surface area contributed by atoms with Crippen LogP contribution in [0.2, 0.25) is 0 Å². The number of hydrogen-bond donors (Lipinski definition) is 1. The number of carbonyl (C=O) groups is 1. The van der Waals surface area contributed by atoms with Crippen LogP contribution in [-0.4, -0.2) is 21.5 Å². The molecule has 0 heterocycles. The predicted molar refractivity (Wildman–Crippen MR) is 56.7 cm³/mol. The average molecular weight is 239 g/mol. The van der Waals surface area contributed by atoms with Crippen LogP contribution >= 0.6 is 0 Å². The Hall–Kier alpha value is -1.84. The number of carbonyl (C=O) groups excluding carboxylic acids is 1. The summed E-state index contributed by atoms with van der Waals surface area (Å²) in [5, 5.41) is 4.94. The van der Waals surface area contributed by atoms with E-state index < -0.39 is 16.0 Å². The molecule has 0 aliphatic carbocycles. The van der Waals surface area contributed by atoms with E-state index in [1.165, 1.54) is 25.3 Å². The van der Waals surface area contributed by atoms with Gasteiger partial charge in [-0.2, -0.15) is 0 Å². The molecule has 0 saturated heterocycles. The highest BCUT2D eigenvalue weighted by molar-refractivity contribution is 7.89. The molecular weight excluding hydrogens is 230 g/mol. The molecule has 84 valence electrons. The minimum absolute atomic E-state index is 0.0517. The molecule has 0 spiro atoms. The topological polar surface area (TPSA) is 86.5 Å². The number of rotatable bonds is 1. The number of esters is 1. The molecule has 0 aromatic heterocycles. The molecule has 0 aliphatic rings. The van der Waals surface area contributed by atoms with E-state index in [2.05, 4.69) is 16.6 Å². The molecule has 0 fully saturated rings. The molecule has 1 aromatic carbocycles. The fourth-order valence-electron chi connectivity index (χ4n) is 0.925. The monoisotopic (exact) mass is 239 g/mol. The number of ether oxygens (including phenoxy) is 1. The van der Waals surface area contributed by atoms with Crippen molar-refractivity contribution in [2.45, 2.75) is 4.90 Å². The second kappa shape index (κ2) is 4.79. The maximum atomic E-state index is 11.0. The van der Waals surface area contributed by atoms with Crippen LogP contribution in [0.1, 0.15) is 5.56 Å². The van der Waals surface area contributed by atoms with Gasteiger partial charge in [0.1, 0.15) is 0 Å². The lowest BCUT2D eigenvalue weighted by atomic mass is 10.2. The SMILES string of the molecule is COC(=O)C#Cc1cccc(S(N)(=O)=O)c1. The number of methoxy groups -OCH3 is 1. The fraction of sp³-hybridized carbons (Fsp3) is 0.100. The molecule has 1 aromatic rings. The largest absolute Gasteiger partial charge is 0.459 e. The van der Waals surface area contributed by atoms with Crippen molar-refractivity contribution >= 4 is 16.0 Å². The van der Waals surface area contributed by atoms with Crippen molar-refractivity contribution < 1.29 is 17.9 Å². The first-order chi connectivity index (χ1) is 7.43. The zero-order valence-corrected chi connectivity index (χ0v) is 9.24. The lowest BCUT2D eigenvalue weighted by Crippen LogP contribution is -2.12. The van der Waals surface area contributed by atoms with E-state index in [-0.39, 0.29) is 4.90 Å². The van der Waals surface area contributed by atoms with Gasteiger partial charge in [0.05, 0.1) is 12.0 Å². The molecular formula is C10H9NO4S. The molecule has 0 saturated carbocycles. The summed E-state index contributed by atoms with van der Waals surface area (Å²) >= 11 is 0. The van der Waals surface area contributed by atoms with Gasteiger partial charge in [-0.05, 0) is 18.2 Å². The molecule has 0 amide bonds. The van der Waals surface area contributed by atoms with Gasteiger partial charge in [0.15, 0.2) is 0 Å². The Kier molecular flexibility index (Phi) is 3.66. The van der Waals surface area contributed by atoms with E-state index in [1.54, 1.807) is 6.07 Å². The summed E-state index contributed by atoms with van der Waals surface area (Å²) < 4.78 is 26.3. The van der Waals surface area contributed by atoms with Crippen LogP contribution < -0.4 is 5.14 Å². The van der Waals surface area contributed by atoms with Gasteiger partial charge in [0.2, 0.25) is 10.0 Å². The van der Waals surface area contributed by atoms with Crippen molar-refractivity contribution in [1.29, 1.82) is 0 Å². The Bertz CT molecular complexity index is 566. The smallest absolute Gasteiger partial charge is 0.384 e. The second-order valence-corrected chi connectivity index (χ2v) is 4.38. The third kappa shape index (κ3) is 3.38. The van der Waals surface area contributed by atoms with Crippen LogP contribution in [0, 0.1) is 11.8 Å². The standard InChI is InChI=1S/C10H9NO4S/c1-15-10(12)6-5-8-3-2-4-9(7-8)16(11,13)14/h2-4,7H,1H3,(H2,11,13,14). The summed E-state index contributed by atoms with van der Waals surface area (Å²) in [6.45, 7) is 0. The number of nitrogens with two attached hydrogens (primary N) is 1. The van der Waals surface area contributed by atoms with Crippen molar-refractivity contribution in [3.05, 3.63) is 29.8 Å². The third-order valence-electron chi connectivity index (χ3n) is 1.66. The van der Waals surface area contributed by atoms with E-state index >= 15 is 0 Å². The number of hydrogen-bond acceptors (Lipinski definition) is 4. The minimum Gasteiger partial charge on any atom is -0.459 e. The summed E-state index contributed by atoms with van der Waals surface area (Å²) in [6.07, 6.45) is 0. The molecule has 0 bridgehead atoms. The van der Waals surface area contributed by atoms with Gasteiger partial charge < -0.3 is 4.74 Å². The zero-order valence-electron chi connectivity index (χ0n) is 8.43. The lowest BCUT2D eigenvalue weighted by Gasteiger charge is -1.97. The fourth-order valence-corrected chi connectivity index (χ4v) is 1.48. The Morgan fingerprint density at radius 1 is 1.44 bits per heavy atom. The van der Waals surface area contributed by atoms with Gasteiger partial charge >= 0.3 is 5.97 Å². The van der Waals surface area contributed by atoms with Crippen LogP contribution in [0.5, 0.6) is 0 Å². The summed E-state index contributed by atoms with van der Waals surface area (Å²) in [6, 6.07) is 5.68. The molecule has 6 heteroatoms. The van der Waals surface area contributed by atoms with Crippen molar-refractivity contribution in [3.63, 3.8) is 0 Å². The lowest BCUT2D eigenvalue weighted by molar-refractivity contribution is -0.133. The van der Waals surface area contributed by atoms with Crippen molar-refractivity contribution in [2.24, 2.45) is 5.14 Å². The zero-order chi connectivity index (χ0) is 12.2.